The van der Waals surface area contributed by atoms with Crippen molar-refractivity contribution in [2.75, 3.05) is 6.54 Å². The van der Waals surface area contributed by atoms with Crippen LogP contribution in [0.4, 0.5) is 5.69 Å². The number of aromatic nitrogens is 1. The molecule has 5 nitrogen and oxygen atoms in total. The average molecular weight is 333 g/mol. The number of aromatic amines is 1. The highest BCUT2D eigenvalue weighted by molar-refractivity contribution is 5.84. The van der Waals surface area contributed by atoms with Gasteiger partial charge in [-0.3, -0.25) is 9.69 Å². The Morgan fingerprint density at radius 1 is 1.16 bits per heavy atom. The first-order valence-corrected chi connectivity index (χ1v) is 8.31. The van der Waals surface area contributed by atoms with E-state index in [9.17, 15) is 15.0 Å². The lowest BCUT2D eigenvalue weighted by Crippen LogP contribution is -3.05. The summed E-state index contributed by atoms with van der Waals surface area (Å²) in [5.74, 6) is -1.02. The highest BCUT2D eigenvalue weighted by atomic mass is 16.4. The molecule has 5 rings (SSSR count). The van der Waals surface area contributed by atoms with E-state index >= 15 is 0 Å². The molecule has 25 heavy (non-hydrogen) atoms. The van der Waals surface area contributed by atoms with Crippen LogP contribution >= 0.6 is 0 Å². The first kappa shape index (κ1) is 14.5. The van der Waals surface area contributed by atoms with E-state index in [-0.39, 0.29) is 6.42 Å². The summed E-state index contributed by atoms with van der Waals surface area (Å²) in [6.45, 7) is 0.684. The van der Waals surface area contributed by atoms with Crippen LogP contribution in [0.2, 0.25) is 0 Å². The second kappa shape index (κ2) is 4.81. The van der Waals surface area contributed by atoms with Crippen LogP contribution in [-0.2, 0) is 10.4 Å². The van der Waals surface area contributed by atoms with Crippen LogP contribution in [0.15, 0.2) is 48.5 Å². The van der Waals surface area contributed by atoms with Gasteiger partial charge in [-0.05, 0) is 24.3 Å². The molecule has 1 aromatic heterocycles. The van der Waals surface area contributed by atoms with Gasteiger partial charge in [0.2, 0.25) is 0 Å². The third-order valence-electron chi connectivity index (χ3n) is 5.33. The molecule has 0 fully saturated rings. The predicted molar refractivity (Wildman–Crippen MR) is 93.5 cm³/mol. The number of rotatable bonds is 2. The van der Waals surface area contributed by atoms with Crippen LogP contribution in [0.1, 0.15) is 12.0 Å². The van der Waals surface area contributed by atoms with E-state index in [1.54, 1.807) is 0 Å². The molecule has 2 aliphatic heterocycles. The SMILES string of the molecule is O=C(O)CC1(O)C2=c3[nH]c4ccccc4c3=CC[NH+]2c2ccccc21. The Kier molecular flexibility index (Phi) is 2.78. The molecule has 2 unspecified atom stereocenters. The molecule has 3 aromatic rings. The molecular weight excluding hydrogens is 316 g/mol. The maximum absolute atomic E-state index is 11.5. The summed E-state index contributed by atoms with van der Waals surface area (Å²) in [6, 6.07) is 15.6. The maximum atomic E-state index is 11.5. The summed E-state index contributed by atoms with van der Waals surface area (Å²) >= 11 is 0. The summed E-state index contributed by atoms with van der Waals surface area (Å²) < 4.78 is 0. The minimum absolute atomic E-state index is 0.350. The second-order valence-electron chi connectivity index (χ2n) is 6.70. The van der Waals surface area contributed by atoms with Crippen LogP contribution in [-0.4, -0.2) is 27.7 Å². The van der Waals surface area contributed by atoms with Crippen molar-refractivity contribution in [1.29, 1.82) is 0 Å². The average Bonchev–Trinajstić information content (AvgIpc) is 3.09. The Morgan fingerprint density at radius 2 is 1.92 bits per heavy atom. The molecule has 0 radical (unpaired) electrons. The smallest absolute Gasteiger partial charge is 0.307 e. The van der Waals surface area contributed by atoms with E-state index in [1.165, 1.54) is 0 Å². The zero-order chi connectivity index (χ0) is 17.2. The van der Waals surface area contributed by atoms with Crippen molar-refractivity contribution in [3.8, 4) is 0 Å². The lowest BCUT2D eigenvalue weighted by atomic mass is 9.89. The Morgan fingerprint density at radius 3 is 2.76 bits per heavy atom. The number of carboxylic acid groups (broad SMARTS) is 1. The number of aliphatic carboxylic acids is 1. The zero-order valence-corrected chi connectivity index (χ0v) is 13.4. The number of H-pyrrole nitrogens is 1. The normalized spacial score (nSPS) is 23.7. The topological polar surface area (TPSA) is 77.8 Å². The first-order valence-electron chi connectivity index (χ1n) is 8.31. The van der Waals surface area contributed by atoms with E-state index in [1.807, 2.05) is 48.5 Å². The summed E-state index contributed by atoms with van der Waals surface area (Å²) in [7, 11) is 0. The van der Waals surface area contributed by atoms with Crippen molar-refractivity contribution in [3.05, 3.63) is 64.7 Å². The highest BCUT2D eigenvalue weighted by Crippen LogP contribution is 2.39. The molecule has 0 spiro atoms. The van der Waals surface area contributed by atoms with Crippen LogP contribution in [0.5, 0.6) is 0 Å². The van der Waals surface area contributed by atoms with Crippen LogP contribution in [0.3, 0.4) is 0 Å². The van der Waals surface area contributed by atoms with Gasteiger partial charge >= 0.3 is 5.97 Å². The van der Waals surface area contributed by atoms with E-state index in [2.05, 4.69) is 11.1 Å². The molecule has 2 aromatic carbocycles. The molecule has 2 atom stereocenters. The van der Waals surface area contributed by atoms with Crippen molar-refractivity contribution >= 4 is 34.3 Å². The standard InChI is InChI=1S/C20H16N2O3/c23-17(24)11-20(25)14-6-2-4-8-16(14)22-10-9-13-12-5-1-3-7-15(12)21-18(13)19(20)22/h1-9,21,25H,10-11H2,(H,23,24)/p+1. The number of aliphatic hydroxyl groups is 1. The fourth-order valence-electron chi connectivity index (χ4n) is 4.38. The van der Waals surface area contributed by atoms with Crippen molar-refractivity contribution in [2.24, 2.45) is 0 Å². The Balaban J connectivity index is 1.93. The molecule has 0 saturated heterocycles. The van der Waals surface area contributed by atoms with Crippen LogP contribution in [0.25, 0.3) is 22.7 Å². The number of para-hydroxylation sites is 2. The molecular formula is C20H17N2O3+. The van der Waals surface area contributed by atoms with Crippen LogP contribution in [0, 0.1) is 0 Å². The number of carboxylic acids is 1. The van der Waals surface area contributed by atoms with Gasteiger partial charge < -0.3 is 15.2 Å². The van der Waals surface area contributed by atoms with Gasteiger partial charge in [0.25, 0.3) is 0 Å². The van der Waals surface area contributed by atoms with Gasteiger partial charge in [-0.1, -0.05) is 30.3 Å². The third-order valence-corrected chi connectivity index (χ3v) is 5.33. The number of fused-ring (bicyclic) bond motifs is 6. The van der Waals surface area contributed by atoms with Gasteiger partial charge in [-0.15, -0.1) is 0 Å². The van der Waals surface area contributed by atoms with E-state index in [4.69, 9.17) is 0 Å². The summed E-state index contributed by atoms with van der Waals surface area (Å²) in [6.07, 6.45) is 1.81. The van der Waals surface area contributed by atoms with Crippen molar-refractivity contribution in [2.45, 2.75) is 12.0 Å². The van der Waals surface area contributed by atoms with Gasteiger partial charge in [0, 0.05) is 16.1 Å². The van der Waals surface area contributed by atoms with Crippen molar-refractivity contribution < 1.29 is 19.9 Å². The van der Waals surface area contributed by atoms with Gasteiger partial charge in [0.05, 0.1) is 12.0 Å². The van der Waals surface area contributed by atoms with Gasteiger partial charge in [-0.2, -0.15) is 0 Å². The molecule has 0 aliphatic carbocycles. The van der Waals surface area contributed by atoms with Crippen LogP contribution < -0.4 is 15.5 Å². The number of nitrogens with one attached hydrogen (secondary N) is 2. The Bertz CT molecular complexity index is 1160. The summed E-state index contributed by atoms with van der Waals surface area (Å²) in [4.78, 5) is 15.9. The number of quaternary nitrogens is 1. The number of carbonyl (C=O) groups is 1. The monoisotopic (exact) mass is 333 g/mol. The Hall–Kier alpha value is -2.89. The maximum Gasteiger partial charge on any atom is 0.307 e. The van der Waals surface area contributed by atoms with Crippen molar-refractivity contribution in [1.82, 2.24) is 4.98 Å². The molecule has 4 N–H and O–H groups in total. The number of hydrogen-bond donors (Lipinski definition) is 4. The molecule has 0 amide bonds. The lowest BCUT2D eigenvalue weighted by Gasteiger charge is -2.23. The fraction of sp³-hybridized carbons (Fsp3) is 0.150. The largest absolute Gasteiger partial charge is 0.481 e. The summed E-state index contributed by atoms with van der Waals surface area (Å²) in [5, 5.41) is 23.9. The minimum Gasteiger partial charge on any atom is -0.481 e. The third kappa shape index (κ3) is 1.82. The van der Waals surface area contributed by atoms with E-state index in [0.29, 0.717) is 17.8 Å². The van der Waals surface area contributed by atoms with Gasteiger partial charge in [-0.25, -0.2) is 0 Å². The second-order valence-corrected chi connectivity index (χ2v) is 6.70. The van der Waals surface area contributed by atoms with Crippen molar-refractivity contribution in [3.63, 3.8) is 0 Å². The highest BCUT2D eigenvalue weighted by Gasteiger charge is 2.53. The minimum atomic E-state index is -1.51. The zero-order valence-electron chi connectivity index (χ0n) is 13.4. The molecule has 124 valence electrons. The van der Waals surface area contributed by atoms with Gasteiger partial charge in [0.1, 0.15) is 17.6 Å². The molecule has 2 aliphatic rings. The molecule has 0 bridgehead atoms. The fourth-order valence-corrected chi connectivity index (χ4v) is 4.38. The molecule has 0 saturated carbocycles. The van der Waals surface area contributed by atoms with E-state index < -0.39 is 11.6 Å². The number of hydrogen-bond acceptors (Lipinski definition) is 2. The van der Waals surface area contributed by atoms with Gasteiger partial charge in [0.15, 0.2) is 11.3 Å². The summed E-state index contributed by atoms with van der Waals surface area (Å²) in [5.41, 5.74) is 1.82. The quantitative estimate of drug-likeness (QED) is 0.532. The van der Waals surface area contributed by atoms with E-state index in [0.717, 1.165) is 32.1 Å². The number of benzene rings is 2. The molecule has 3 heterocycles. The predicted octanol–water partition coefficient (Wildman–Crippen LogP) is -0.0373. The Labute approximate surface area is 143 Å². The molecule has 5 heteroatoms. The first-order chi connectivity index (χ1) is 12.1. The lowest BCUT2D eigenvalue weighted by molar-refractivity contribution is -0.744.